The van der Waals surface area contributed by atoms with Crippen LogP contribution in [0.2, 0.25) is 0 Å². The fourth-order valence-corrected chi connectivity index (χ4v) is 0.780. The second-order valence-corrected chi connectivity index (χ2v) is 8.29. The van der Waals surface area contributed by atoms with Crippen molar-refractivity contribution in [3.8, 4) is 0 Å². The molecule has 0 aliphatic rings. The molecule has 11 heteroatoms. The quantitative estimate of drug-likeness (QED) is 0.176. The Hall–Kier alpha value is 1.68. The van der Waals surface area contributed by atoms with Gasteiger partial charge in [0.05, 0.1) is 0 Å². The summed E-state index contributed by atoms with van der Waals surface area (Å²) in [6.45, 7) is -1.59. The third kappa shape index (κ3) is 138. The van der Waals surface area contributed by atoms with Crippen LogP contribution in [0.5, 0.6) is 0 Å². The van der Waals surface area contributed by atoms with Crippen LogP contribution in [0.1, 0.15) is 45.4 Å². The smallest absolute Gasteiger partial charge is 0.319 e. The van der Waals surface area contributed by atoms with Crippen molar-refractivity contribution in [3.63, 3.8) is 0 Å². The third-order valence-electron chi connectivity index (χ3n) is 1.35. The van der Waals surface area contributed by atoms with Crippen molar-refractivity contribution in [1.82, 2.24) is 0 Å². The van der Waals surface area contributed by atoms with E-state index in [1.165, 1.54) is 32.1 Å². The van der Waals surface area contributed by atoms with E-state index in [9.17, 15) is 0 Å². The predicted molar refractivity (Wildman–Crippen MR) is 80.6 cm³/mol. The SMILES string of the molecule is OP(O)(O)=S.OP(O)(O)=S.[CH2-]CCCCCCC.[Zn]. The molecule has 0 aliphatic heterocycles. The van der Waals surface area contributed by atoms with Crippen LogP contribution in [0.25, 0.3) is 0 Å². The van der Waals surface area contributed by atoms with E-state index >= 15 is 0 Å². The maximum atomic E-state index is 7.56. The molecule has 0 aliphatic carbocycles. The first-order chi connectivity index (χ1) is 7.91. The van der Waals surface area contributed by atoms with Crippen LogP contribution in [-0.2, 0) is 43.1 Å². The summed E-state index contributed by atoms with van der Waals surface area (Å²) >= 11 is 7.21. The third-order valence-corrected chi connectivity index (χ3v) is 1.35. The van der Waals surface area contributed by atoms with Crippen molar-refractivity contribution in [2.75, 3.05) is 0 Å². The molecule has 0 rings (SSSR count). The van der Waals surface area contributed by atoms with E-state index in [1.807, 2.05) is 0 Å². The molecular weight excluding hydrogens is 384 g/mol. The molecule has 6 N–H and O–H groups in total. The Labute approximate surface area is 138 Å². The molecule has 0 spiro atoms. The first-order valence-electron chi connectivity index (χ1n) is 5.27. The second-order valence-electron chi connectivity index (χ2n) is 3.29. The molecule has 116 valence electrons. The van der Waals surface area contributed by atoms with Gasteiger partial charge in [-0.2, -0.15) is 6.42 Å². The Bertz CT molecular complexity index is 215. The zero-order valence-corrected chi connectivity index (χ0v) is 17.4. The largest absolute Gasteiger partial charge is 0.343 e. The van der Waals surface area contributed by atoms with Crippen molar-refractivity contribution in [1.29, 1.82) is 0 Å². The van der Waals surface area contributed by atoms with Gasteiger partial charge in [0.15, 0.2) is 0 Å². The van der Waals surface area contributed by atoms with Gasteiger partial charge >= 0.3 is 13.4 Å². The summed E-state index contributed by atoms with van der Waals surface area (Å²) in [4.78, 5) is 45.3. The van der Waals surface area contributed by atoms with Crippen molar-refractivity contribution in [2.45, 2.75) is 45.4 Å². The number of unbranched alkanes of at least 4 members (excludes halogenated alkanes) is 5. The van der Waals surface area contributed by atoms with E-state index in [1.54, 1.807) is 0 Å². The Morgan fingerprint density at radius 3 is 1.26 bits per heavy atom. The van der Waals surface area contributed by atoms with Gasteiger partial charge in [0.25, 0.3) is 0 Å². The average Bonchev–Trinajstić information content (AvgIpc) is 2.07. The molecule has 0 bridgehead atoms. The molecule has 0 fully saturated rings. The van der Waals surface area contributed by atoms with Crippen LogP contribution < -0.4 is 0 Å². The molecule has 0 aromatic heterocycles. The molecule has 0 saturated heterocycles. The van der Waals surface area contributed by atoms with E-state index < -0.39 is 13.4 Å². The summed E-state index contributed by atoms with van der Waals surface area (Å²) < 4.78 is 0. The topological polar surface area (TPSA) is 121 Å². The van der Waals surface area contributed by atoms with Crippen LogP contribution in [0.3, 0.4) is 0 Å². The van der Waals surface area contributed by atoms with Gasteiger partial charge in [-0.05, 0) is 23.6 Å². The maximum Gasteiger partial charge on any atom is 0.319 e. The number of rotatable bonds is 5. The van der Waals surface area contributed by atoms with Crippen LogP contribution in [0.15, 0.2) is 0 Å². The Morgan fingerprint density at radius 1 is 0.789 bits per heavy atom. The van der Waals surface area contributed by atoms with E-state index in [2.05, 4.69) is 37.5 Å². The Morgan fingerprint density at radius 2 is 1.05 bits per heavy atom. The number of hydrogen-bond donors (Lipinski definition) is 6. The van der Waals surface area contributed by atoms with Gasteiger partial charge in [-0.15, -0.1) is 0 Å². The molecule has 0 saturated carbocycles. The summed E-state index contributed by atoms with van der Waals surface area (Å²) in [6.07, 6.45) is 7.98. The predicted octanol–water partition coefficient (Wildman–Crippen LogP) is 1.55. The summed E-state index contributed by atoms with van der Waals surface area (Å²) in [6, 6.07) is 0. The summed E-state index contributed by atoms with van der Waals surface area (Å²) in [7, 11) is 0. The summed E-state index contributed by atoms with van der Waals surface area (Å²) in [5.74, 6) is 0. The fraction of sp³-hybridized carbons (Fsp3) is 0.875. The van der Waals surface area contributed by atoms with Crippen LogP contribution in [-0.4, -0.2) is 29.4 Å². The fourth-order valence-electron chi connectivity index (χ4n) is 0.780. The molecule has 0 aromatic rings. The van der Waals surface area contributed by atoms with Gasteiger partial charge in [-0.25, -0.2) is 0 Å². The van der Waals surface area contributed by atoms with Crippen LogP contribution >= 0.6 is 13.4 Å². The second kappa shape index (κ2) is 17.7. The Balaban J connectivity index is -0.0000000906. The minimum Gasteiger partial charge on any atom is -0.343 e. The van der Waals surface area contributed by atoms with Gasteiger partial charge in [0.2, 0.25) is 0 Å². The average molecular weight is 407 g/mol. The van der Waals surface area contributed by atoms with Gasteiger partial charge in [-0.1, -0.05) is 39.0 Å². The number of hydrogen-bond acceptors (Lipinski definition) is 2. The molecule has 0 aromatic carbocycles. The van der Waals surface area contributed by atoms with E-state index in [4.69, 9.17) is 29.4 Å². The zero-order chi connectivity index (χ0) is 15.2. The van der Waals surface area contributed by atoms with E-state index in [0.717, 1.165) is 6.42 Å². The van der Waals surface area contributed by atoms with Gasteiger partial charge in [-0.3, -0.25) is 0 Å². The van der Waals surface area contributed by atoms with Gasteiger partial charge in [0.1, 0.15) is 0 Å². The maximum absolute atomic E-state index is 7.56. The summed E-state index contributed by atoms with van der Waals surface area (Å²) in [5, 5.41) is 0. The van der Waals surface area contributed by atoms with Crippen molar-refractivity contribution in [3.05, 3.63) is 6.92 Å². The van der Waals surface area contributed by atoms with Crippen molar-refractivity contribution < 1.29 is 48.8 Å². The molecular formula is C8H23O6P2S2Zn-. The van der Waals surface area contributed by atoms with Gasteiger partial charge < -0.3 is 36.3 Å². The molecule has 0 amide bonds. The summed E-state index contributed by atoms with van der Waals surface area (Å²) in [5.41, 5.74) is 0. The Kier molecular flexibility index (Phi) is 26.9. The molecule has 0 radical (unpaired) electrons. The monoisotopic (exact) mass is 405 g/mol. The zero-order valence-electron chi connectivity index (χ0n) is 11.1. The molecule has 0 atom stereocenters. The first-order valence-corrected chi connectivity index (χ1v) is 10.6. The minimum atomic E-state index is -3.81. The molecule has 0 unspecified atom stereocenters. The van der Waals surface area contributed by atoms with E-state index in [-0.39, 0.29) is 19.5 Å². The molecule has 0 heterocycles. The molecule has 6 nitrogen and oxygen atoms in total. The standard InChI is InChI=1S/C8H17.2H3O3PS.Zn/c1-3-5-7-8-6-4-2;2*1-4(2,3)5;/h1,3-8H2,2H3;2*(H3,1,2,3,5);/q-1;;;. The van der Waals surface area contributed by atoms with Crippen molar-refractivity contribution >= 4 is 37.1 Å². The van der Waals surface area contributed by atoms with Crippen LogP contribution in [0.4, 0.5) is 0 Å². The van der Waals surface area contributed by atoms with Gasteiger partial charge in [0, 0.05) is 19.5 Å². The first kappa shape index (κ1) is 28.8. The van der Waals surface area contributed by atoms with E-state index in [0.29, 0.717) is 0 Å². The van der Waals surface area contributed by atoms with Crippen LogP contribution in [0, 0.1) is 6.92 Å². The minimum absolute atomic E-state index is 0. The normalized spacial score (nSPS) is 10.3. The van der Waals surface area contributed by atoms with Crippen molar-refractivity contribution in [2.24, 2.45) is 0 Å². The molecule has 19 heavy (non-hydrogen) atoms.